The van der Waals surface area contributed by atoms with Crippen molar-refractivity contribution in [3.05, 3.63) is 0 Å². The van der Waals surface area contributed by atoms with Crippen molar-refractivity contribution in [3.8, 4) is 0 Å². The van der Waals surface area contributed by atoms with Crippen molar-refractivity contribution in [2.24, 2.45) is 5.92 Å². The number of carbonyl (C=O) groups excluding carboxylic acids is 1. The fourth-order valence-corrected chi connectivity index (χ4v) is 2.62. The fourth-order valence-electron chi connectivity index (χ4n) is 2.62. The molecule has 0 radical (unpaired) electrons. The lowest BCUT2D eigenvalue weighted by Crippen LogP contribution is -2.46. The molecular weight excluding hydrogens is 200 g/mol. The van der Waals surface area contributed by atoms with Crippen LogP contribution in [-0.2, 0) is 0 Å². The quantitative estimate of drug-likeness (QED) is 0.743. The molecule has 1 atom stereocenters. The highest BCUT2D eigenvalue weighted by Gasteiger charge is 2.20. The third-order valence-corrected chi connectivity index (χ3v) is 3.81. The third kappa shape index (κ3) is 4.03. The summed E-state index contributed by atoms with van der Waals surface area (Å²) in [4.78, 5) is 11.7. The minimum Gasteiger partial charge on any atom is -0.335 e. The lowest BCUT2D eigenvalue weighted by atomic mass is 9.96. The van der Waals surface area contributed by atoms with Gasteiger partial charge in [-0.25, -0.2) is 4.79 Å². The second kappa shape index (κ2) is 6.77. The van der Waals surface area contributed by atoms with Gasteiger partial charge in [0.1, 0.15) is 0 Å². The van der Waals surface area contributed by atoms with Crippen LogP contribution in [-0.4, -0.2) is 18.1 Å². The molecule has 0 aromatic rings. The normalized spacial score (nSPS) is 18.8. The molecule has 0 heterocycles. The topological polar surface area (TPSA) is 41.1 Å². The van der Waals surface area contributed by atoms with E-state index in [4.69, 9.17) is 0 Å². The number of hydrogen-bond donors (Lipinski definition) is 2. The molecule has 0 spiro atoms. The van der Waals surface area contributed by atoms with Gasteiger partial charge >= 0.3 is 6.03 Å². The van der Waals surface area contributed by atoms with Gasteiger partial charge in [-0.2, -0.15) is 0 Å². The molecule has 94 valence electrons. The van der Waals surface area contributed by atoms with Crippen LogP contribution in [0.2, 0.25) is 0 Å². The molecule has 1 rings (SSSR count). The molecule has 3 nitrogen and oxygen atoms in total. The van der Waals surface area contributed by atoms with Gasteiger partial charge in [-0.15, -0.1) is 0 Å². The summed E-state index contributed by atoms with van der Waals surface area (Å²) in [5.41, 5.74) is 0. The van der Waals surface area contributed by atoms with Crippen molar-refractivity contribution in [1.29, 1.82) is 0 Å². The first-order valence-corrected chi connectivity index (χ1v) is 6.74. The minimum absolute atomic E-state index is 0.0197. The Balaban J connectivity index is 2.26. The van der Waals surface area contributed by atoms with E-state index >= 15 is 0 Å². The highest BCUT2D eigenvalue weighted by Crippen LogP contribution is 2.17. The van der Waals surface area contributed by atoms with Crippen molar-refractivity contribution in [3.63, 3.8) is 0 Å². The van der Waals surface area contributed by atoms with E-state index < -0.39 is 0 Å². The Bertz CT molecular complexity index is 208. The standard InChI is InChI=1S/C13H26N2O/c1-4-11(5-2)10(3)14-13(16)15-12-8-6-7-9-12/h10-12H,4-9H2,1-3H3,(H2,14,15,16). The van der Waals surface area contributed by atoms with E-state index in [2.05, 4.69) is 31.4 Å². The van der Waals surface area contributed by atoms with Gasteiger partial charge in [0.15, 0.2) is 0 Å². The number of amides is 2. The average molecular weight is 226 g/mol. The van der Waals surface area contributed by atoms with E-state index in [1.807, 2.05) is 0 Å². The second-order valence-electron chi connectivity index (χ2n) is 4.96. The van der Waals surface area contributed by atoms with E-state index in [1.54, 1.807) is 0 Å². The number of rotatable bonds is 5. The van der Waals surface area contributed by atoms with Crippen molar-refractivity contribution in [1.82, 2.24) is 10.6 Å². The molecule has 2 N–H and O–H groups in total. The molecule has 0 bridgehead atoms. The van der Waals surface area contributed by atoms with Crippen LogP contribution in [0, 0.1) is 5.92 Å². The molecule has 3 heteroatoms. The van der Waals surface area contributed by atoms with Gasteiger partial charge < -0.3 is 10.6 Å². The highest BCUT2D eigenvalue weighted by atomic mass is 16.2. The summed E-state index contributed by atoms with van der Waals surface area (Å²) < 4.78 is 0. The molecule has 0 aromatic carbocycles. The molecular formula is C13H26N2O. The van der Waals surface area contributed by atoms with Crippen molar-refractivity contribution in [2.75, 3.05) is 0 Å². The highest BCUT2D eigenvalue weighted by molar-refractivity contribution is 5.74. The third-order valence-electron chi connectivity index (χ3n) is 3.81. The van der Waals surface area contributed by atoms with E-state index in [-0.39, 0.29) is 12.1 Å². The smallest absolute Gasteiger partial charge is 0.315 e. The summed E-state index contributed by atoms with van der Waals surface area (Å²) in [6, 6.07) is 0.705. The summed E-state index contributed by atoms with van der Waals surface area (Å²) in [5, 5.41) is 6.12. The largest absolute Gasteiger partial charge is 0.335 e. The number of hydrogen-bond acceptors (Lipinski definition) is 1. The van der Waals surface area contributed by atoms with Crippen LogP contribution in [0.4, 0.5) is 4.79 Å². The van der Waals surface area contributed by atoms with E-state index in [1.165, 1.54) is 12.8 Å². The molecule has 0 aromatic heterocycles. The monoisotopic (exact) mass is 226 g/mol. The van der Waals surface area contributed by atoms with E-state index in [0.29, 0.717) is 12.0 Å². The van der Waals surface area contributed by atoms with Crippen LogP contribution < -0.4 is 10.6 Å². The first kappa shape index (κ1) is 13.3. The lowest BCUT2D eigenvalue weighted by Gasteiger charge is -2.23. The van der Waals surface area contributed by atoms with Crippen LogP contribution >= 0.6 is 0 Å². The van der Waals surface area contributed by atoms with Crippen LogP contribution in [0.5, 0.6) is 0 Å². The molecule has 1 aliphatic rings. The Kier molecular flexibility index (Phi) is 5.64. The van der Waals surface area contributed by atoms with Gasteiger partial charge in [0.2, 0.25) is 0 Å². The van der Waals surface area contributed by atoms with Gasteiger partial charge in [0, 0.05) is 12.1 Å². The zero-order chi connectivity index (χ0) is 12.0. The maximum Gasteiger partial charge on any atom is 0.315 e. The number of carbonyl (C=O) groups is 1. The Morgan fingerprint density at radius 2 is 1.81 bits per heavy atom. The first-order valence-electron chi connectivity index (χ1n) is 6.74. The number of urea groups is 1. The van der Waals surface area contributed by atoms with Crippen LogP contribution in [0.15, 0.2) is 0 Å². The maximum atomic E-state index is 11.7. The molecule has 16 heavy (non-hydrogen) atoms. The Labute approximate surface area is 99.4 Å². The number of nitrogens with one attached hydrogen (secondary N) is 2. The SMILES string of the molecule is CCC(CC)C(C)NC(=O)NC1CCCC1. The summed E-state index contributed by atoms with van der Waals surface area (Å²) >= 11 is 0. The predicted octanol–water partition coefficient (Wildman–Crippen LogP) is 3.05. The van der Waals surface area contributed by atoms with Crippen molar-refractivity contribution < 1.29 is 4.79 Å². The van der Waals surface area contributed by atoms with E-state index in [0.717, 1.165) is 25.7 Å². The molecule has 0 saturated heterocycles. The fraction of sp³-hybridized carbons (Fsp3) is 0.923. The average Bonchev–Trinajstić information content (AvgIpc) is 2.71. The lowest BCUT2D eigenvalue weighted by molar-refractivity contribution is 0.227. The maximum absolute atomic E-state index is 11.7. The minimum atomic E-state index is 0.0197. The predicted molar refractivity (Wildman–Crippen MR) is 67.5 cm³/mol. The van der Waals surface area contributed by atoms with Gasteiger partial charge in [0.05, 0.1) is 0 Å². The first-order chi connectivity index (χ1) is 7.67. The summed E-state index contributed by atoms with van der Waals surface area (Å²) in [6.07, 6.45) is 7.06. The van der Waals surface area contributed by atoms with Gasteiger partial charge in [-0.05, 0) is 25.7 Å². The molecule has 0 aliphatic heterocycles. The summed E-state index contributed by atoms with van der Waals surface area (Å²) in [6.45, 7) is 6.47. The molecule has 2 amide bonds. The van der Waals surface area contributed by atoms with Crippen molar-refractivity contribution in [2.45, 2.75) is 71.4 Å². The van der Waals surface area contributed by atoms with Crippen LogP contribution in [0.3, 0.4) is 0 Å². The van der Waals surface area contributed by atoms with Gasteiger partial charge in [-0.1, -0.05) is 39.5 Å². The van der Waals surface area contributed by atoms with Crippen LogP contribution in [0.25, 0.3) is 0 Å². The van der Waals surface area contributed by atoms with Gasteiger partial charge in [-0.3, -0.25) is 0 Å². The molecule has 1 saturated carbocycles. The van der Waals surface area contributed by atoms with Gasteiger partial charge in [0.25, 0.3) is 0 Å². The van der Waals surface area contributed by atoms with Crippen molar-refractivity contribution >= 4 is 6.03 Å². The zero-order valence-electron chi connectivity index (χ0n) is 10.9. The summed E-state index contributed by atoms with van der Waals surface area (Å²) in [7, 11) is 0. The zero-order valence-corrected chi connectivity index (χ0v) is 10.9. The molecule has 1 fully saturated rings. The Morgan fingerprint density at radius 1 is 1.25 bits per heavy atom. The van der Waals surface area contributed by atoms with Crippen LogP contribution in [0.1, 0.15) is 59.3 Å². The molecule has 1 aliphatic carbocycles. The molecule has 1 unspecified atom stereocenters. The Morgan fingerprint density at radius 3 is 2.31 bits per heavy atom. The second-order valence-corrected chi connectivity index (χ2v) is 4.96. The Hall–Kier alpha value is -0.730. The van der Waals surface area contributed by atoms with E-state index in [9.17, 15) is 4.79 Å². The summed E-state index contributed by atoms with van der Waals surface area (Å²) in [5.74, 6) is 0.592.